The first-order valence-electron chi connectivity index (χ1n) is 8.57. The van der Waals surface area contributed by atoms with E-state index in [0.29, 0.717) is 18.6 Å². The van der Waals surface area contributed by atoms with E-state index in [9.17, 15) is 0 Å². The zero-order chi connectivity index (χ0) is 16.7. The summed E-state index contributed by atoms with van der Waals surface area (Å²) < 4.78 is 13.7. The molecule has 0 fully saturated rings. The number of hydrogen-bond donors (Lipinski definition) is 1. The van der Waals surface area contributed by atoms with Crippen LogP contribution in [0.2, 0.25) is 0 Å². The van der Waals surface area contributed by atoms with Gasteiger partial charge in [0.2, 0.25) is 0 Å². The van der Waals surface area contributed by atoms with Crippen LogP contribution in [-0.4, -0.2) is 37.2 Å². The van der Waals surface area contributed by atoms with Gasteiger partial charge in [-0.2, -0.15) is 0 Å². The molecule has 23 heavy (non-hydrogen) atoms. The largest absolute Gasteiger partial charge is 0.486 e. The summed E-state index contributed by atoms with van der Waals surface area (Å²) in [5.41, 5.74) is 5.90. The fourth-order valence-corrected chi connectivity index (χ4v) is 3.87. The summed E-state index contributed by atoms with van der Waals surface area (Å²) in [5, 5.41) is 0. The van der Waals surface area contributed by atoms with Crippen LogP contribution in [0.1, 0.15) is 40.0 Å². The summed E-state index contributed by atoms with van der Waals surface area (Å²) in [7, 11) is 0. The van der Waals surface area contributed by atoms with E-state index in [4.69, 9.17) is 15.2 Å². The van der Waals surface area contributed by atoms with Gasteiger partial charge >= 0.3 is 0 Å². The van der Waals surface area contributed by atoms with E-state index in [1.807, 2.05) is 6.07 Å². The van der Waals surface area contributed by atoms with E-state index in [1.54, 1.807) is 11.9 Å². The Morgan fingerprint density at radius 3 is 2.61 bits per heavy atom. The van der Waals surface area contributed by atoms with Crippen molar-refractivity contribution in [2.45, 2.75) is 44.9 Å². The minimum absolute atomic E-state index is 0.298. The summed E-state index contributed by atoms with van der Waals surface area (Å²) in [6, 6.07) is 6.21. The second kappa shape index (κ2) is 8.81. The number of fused-ring (bicyclic) bond motifs is 1. The van der Waals surface area contributed by atoms with E-state index in [0.717, 1.165) is 37.6 Å². The SMILES string of the molecule is CCN(CC(C)(C)CCCCN)Sc1ccc2c(c1)OCCO2. The van der Waals surface area contributed by atoms with Crippen LogP contribution in [-0.2, 0) is 0 Å². The number of hydrogen-bond acceptors (Lipinski definition) is 5. The van der Waals surface area contributed by atoms with E-state index in [2.05, 4.69) is 37.2 Å². The molecule has 0 bridgehead atoms. The van der Waals surface area contributed by atoms with Gasteiger partial charge in [-0.15, -0.1) is 0 Å². The Balaban J connectivity index is 1.93. The highest BCUT2D eigenvalue weighted by molar-refractivity contribution is 7.97. The molecule has 2 rings (SSSR count). The Morgan fingerprint density at radius 1 is 1.17 bits per heavy atom. The molecule has 0 aromatic heterocycles. The fraction of sp³-hybridized carbons (Fsp3) is 0.667. The minimum atomic E-state index is 0.298. The third-order valence-electron chi connectivity index (χ3n) is 4.01. The average molecular weight is 339 g/mol. The molecule has 0 saturated heterocycles. The van der Waals surface area contributed by atoms with Crippen LogP contribution >= 0.6 is 11.9 Å². The summed E-state index contributed by atoms with van der Waals surface area (Å²) in [5.74, 6) is 1.71. The Hall–Kier alpha value is -0.910. The van der Waals surface area contributed by atoms with Crippen molar-refractivity contribution in [2.24, 2.45) is 11.1 Å². The van der Waals surface area contributed by atoms with Gasteiger partial charge in [-0.05, 0) is 54.9 Å². The first-order chi connectivity index (χ1) is 11.0. The molecule has 1 aliphatic rings. The van der Waals surface area contributed by atoms with Crippen molar-refractivity contribution >= 4 is 11.9 Å². The molecule has 130 valence electrons. The second-order valence-electron chi connectivity index (χ2n) is 6.76. The van der Waals surface area contributed by atoms with Crippen LogP contribution in [0, 0.1) is 5.41 Å². The minimum Gasteiger partial charge on any atom is -0.486 e. The Labute approximate surface area is 144 Å². The molecule has 1 aliphatic heterocycles. The molecule has 1 aromatic rings. The van der Waals surface area contributed by atoms with Crippen LogP contribution in [0.15, 0.2) is 23.1 Å². The van der Waals surface area contributed by atoms with E-state index >= 15 is 0 Å². The lowest BCUT2D eigenvalue weighted by Gasteiger charge is -2.31. The molecule has 5 heteroatoms. The second-order valence-corrected chi connectivity index (χ2v) is 7.93. The van der Waals surface area contributed by atoms with E-state index in [1.165, 1.54) is 17.7 Å². The molecular weight excluding hydrogens is 308 g/mol. The quantitative estimate of drug-likeness (QED) is 0.546. The molecule has 4 nitrogen and oxygen atoms in total. The molecule has 0 amide bonds. The molecule has 0 radical (unpaired) electrons. The average Bonchev–Trinajstić information content (AvgIpc) is 2.54. The van der Waals surface area contributed by atoms with Crippen molar-refractivity contribution < 1.29 is 9.47 Å². The predicted octanol–water partition coefficient (Wildman–Crippen LogP) is 3.94. The van der Waals surface area contributed by atoms with Crippen molar-refractivity contribution in [3.63, 3.8) is 0 Å². The lowest BCUT2D eigenvalue weighted by molar-refractivity contribution is 0.171. The smallest absolute Gasteiger partial charge is 0.162 e. The highest BCUT2D eigenvalue weighted by Gasteiger charge is 2.22. The molecular formula is C18H30N2O2S. The van der Waals surface area contributed by atoms with Gasteiger partial charge in [0.15, 0.2) is 11.5 Å². The standard InChI is InChI=1S/C18H30N2O2S/c1-4-20(14-18(2,3)9-5-6-10-19)23-15-7-8-16-17(13-15)22-12-11-21-16/h7-8,13H,4-6,9-12,14,19H2,1-3H3. The molecule has 0 spiro atoms. The van der Waals surface area contributed by atoms with Crippen molar-refractivity contribution in [2.75, 3.05) is 32.8 Å². The Morgan fingerprint density at radius 2 is 1.91 bits per heavy atom. The fourth-order valence-electron chi connectivity index (χ4n) is 2.74. The monoisotopic (exact) mass is 338 g/mol. The van der Waals surface area contributed by atoms with Gasteiger partial charge in [0.05, 0.1) is 0 Å². The first kappa shape index (κ1) is 18.4. The van der Waals surface area contributed by atoms with Crippen LogP contribution in [0.25, 0.3) is 0 Å². The van der Waals surface area contributed by atoms with Crippen molar-refractivity contribution in [3.05, 3.63) is 18.2 Å². The predicted molar refractivity (Wildman–Crippen MR) is 97.2 cm³/mol. The Bertz CT molecular complexity index is 494. The van der Waals surface area contributed by atoms with E-state index < -0.39 is 0 Å². The van der Waals surface area contributed by atoms with Crippen molar-refractivity contribution in [3.8, 4) is 11.5 Å². The zero-order valence-electron chi connectivity index (χ0n) is 14.6. The molecule has 0 atom stereocenters. The lowest BCUT2D eigenvalue weighted by Crippen LogP contribution is -2.29. The topological polar surface area (TPSA) is 47.7 Å². The molecule has 1 heterocycles. The van der Waals surface area contributed by atoms with E-state index in [-0.39, 0.29) is 0 Å². The summed E-state index contributed by atoms with van der Waals surface area (Å²) in [4.78, 5) is 1.20. The summed E-state index contributed by atoms with van der Waals surface area (Å²) in [6.45, 7) is 11.0. The molecule has 0 saturated carbocycles. The summed E-state index contributed by atoms with van der Waals surface area (Å²) in [6.07, 6.45) is 3.53. The normalized spacial score (nSPS) is 14.3. The number of nitrogens with two attached hydrogens (primary N) is 1. The number of benzene rings is 1. The third-order valence-corrected chi connectivity index (χ3v) is 5.12. The maximum Gasteiger partial charge on any atom is 0.162 e. The number of rotatable bonds is 9. The highest BCUT2D eigenvalue weighted by atomic mass is 32.2. The molecule has 0 unspecified atom stereocenters. The van der Waals surface area contributed by atoms with Gasteiger partial charge < -0.3 is 15.2 Å². The van der Waals surface area contributed by atoms with Gasteiger partial charge in [0, 0.05) is 18.0 Å². The van der Waals surface area contributed by atoms with Gasteiger partial charge in [0.25, 0.3) is 0 Å². The Kier molecular flexibility index (Phi) is 7.06. The molecule has 2 N–H and O–H groups in total. The number of nitrogens with zero attached hydrogens (tertiary/aromatic N) is 1. The van der Waals surface area contributed by atoms with Crippen molar-refractivity contribution in [1.82, 2.24) is 4.31 Å². The van der Waals surface area contributed by atoms with Gasteiger partial charge in [-0.1, -0.05) is 27.2 Å². The maximum absolute atomic E-state index is 5.68. The van der Waals surface area contributed by atoms with Crippen LogP contribution in [0.5, 0.6) is 11.5 Å². The first-order valence-corrected chi connectivity index (χ1v) is 9.34. The third kappa shape index (κ3) is 5.90. The highest BCUT2D eigenvalue weighted by Crippen LogP contribution is 2.36. The van der Waals surface area contributed by atoms with Crippen LogP contribution in [0.3, 0.4) is 0 Å². The summed E-state index contributed by atoms with van der Waals surface area (Å²) >= 11 is 1.80. The molecule has 1 aromatic carbocycles. The maximum atomic E-state index is 5.68. The number of unbranched alkanes of at least 4 members (excludes halogenated alkanes) is 1. The van der Waals surface area contributed by atoms with Crippen LogP contribution < -0.4 is 15.2 Å². The van der Waals surface area contributed by atoms with Crippen LogP contribution in [0.4, 0.5) is 0 Å². The number of ether oxygens (including phenoxy) is 2. The zero-order valence-corrected chi connectivity index (χ0v) is 15.5. The van der Waals surface area contributed by atoms with Gasteiger partial charge in [0.1, 0.15) is 13.2 Å². The van der Waals surface area contributed by atoms with Gasteiger partial charge in [-0.3, -0.25) is 0 Å². The lowest BCUT2D eigenvalue weighted by atomic mass is 9.87. The van der Waals surface area contributed by atoms with Crippen molar-refractivity contribution in [1.29, 1.82) is 0 Å². The molecule has 0 aliphatic carbocycles. The van der Waals surface area contributed by atoms with Gasteiger partial charge in [-0.25, -0.2) is 4.31 Å².